The molecular formula is C13H17BrN2O. The lowest BCUT2D eigenvalue weighted by Gasteiger charge is -2.42. The van der Waals surface area contributed by atoms with E-state index < -0.39 is 0 Å². The molecule has 0 radical (unpaired) electrons. The molecule has 1 saturated carbocycles. The second-order valence-electron chi connectivity index (χ2n) is 4.67. The van der Waals surface area contributed by atoms with Crippen molar-refractivity contribution in [2.24, 2.45) is 0 Å². The van der Waals surface area contributed by atoms with E-state index in [2.05, 4.69) is 28.2 Å². The van der Waals surface area contributed by atoms with Crippen molar-refractivity contribution < 1.29 is 4.79 Å². The zero-order chi connectivity index (χ0) is 12.5. The number of benzene rings is 1. The van der Waals surface area contributed by atoms with Gasteiger partial charge >= 0.3 is 0 Å². The predicted molar refractivity (Wildman–Crippen MR) is 72.9 cm³/mol. The molecule has 1 aliphatic rings. The first kappa shape index (κ1) is 12.4. The number of rotatable bonds is 3. The number of anilines is 1. The standard InChI is InChI=1S/C13H17BrN2O/c1-2-13(6-3-7-13)16-12(17)10-8-9(14)4-5-11(10)15/h4-5,8H,2-3,6-7,15H2,1H3,(H,16,17). The van der Waals surface area contributed by atoms with Gasteiger partial charge in [-0.3, -0.25) is 4.79 Å². The summed E-state index contributed by atoms with van der Waals surface area (Å²) in [6.07, 6.45) is 4.32. The minimum atomic E-state index is -0.0645. The van der Waals surface area contributed by atoms with E-state index in [0.717, 1.165) is 23.7 Å². The molecule has 1 fully saturated rings. The van der Waals surface area contributed by atoms with Crippen molar-refractivity contribution >= 4 is 27.5 Å². The van der Waals surface area contributed by atoms with E-state index in [1.165, 1.54) is 6.42 Å². The van der Waals surface area contributed by atoms with Gasteiger partial charge < -0.3 is 11.1 Å². The van der Waals surface area contributed by atoms with Crippen LogP contribution in [0.2, 0.25) is 0 Å². The highest BCUT2D eigenvalue weighted by molar-refractivity contribution is 9.10. The maximum absolute atomic E-state index is 12.2. The smallest absolute Gasteiger partial charge is 0.253 e. The highest BCUT2D eigenvalue weighted by atomic mass is 79.9. The van der Waals surface area contributed by atoms with Crippen LogP contribution in [-0.2, 0) is 0 Å². The molecule has 1 aromatic carbocycles. The Hall–Kier alpha value is -1.03. The average Bonchev–Trinajstić information content (AvgIpc) is 2.26. The fourth-order valence-corrected chi connectivity index (χ4v) is 2.56. The van der Waals surface area contributed by atoms with Gasteiger partial charge in [0, 0.05) is 15.7 Å². The summed E-state index contributed by atoms with van der Waals surface area (Å²) in [5.74, 6) is -0.0645. The zero-order valence-electron chi connectivity index (χ0n) is 9.92. The van der Waals surface area contributed by atoms with Crippen LogP contribution in [0.4, 0.5) is 5.69 Å². The van der Waals surface area contributed by atoms with Crippen molar-refractivity contribution in [2.75, 3.05) is 5.73 Å². The van der Waals surface area contributed by atoms with Crippen LogP contribution in [0.15, 0.2) is 22.7 Å². The van der Waals surface area contributed by atoms with Crippen LogP contribution in [-0.4, -0.2) is 11.4 Å². The van der Waals surface area contributed by atoms with Crippen LogP contribution in [0.1, 0.15) is 43.0 Å². The first-order valence-electron chi connectivity index (χ1n) is 5.94. The van der Waals surface area contributed by atoms with Crippen molar-refractivity contribution in [1.29, 1.82) is 0 Å². The zero-order valence-corrected chi connectivity index (χ0v) is 11.5. The molecule has 1 aromatic rings. The number of nitrogens with two attached hydrogens (primary N) is 1. The van der Waals surface area contributed by atoms with Crippen LogP contribution in [0.5, 0.6) is 0 Å². The van der Waals surface area contributed by atoms with E-state index in [9.17, 15) is 4.79 Å². The molecule has 92 valence electrons. The Morgan fingerprint density at radius 3 is 2.76 bits per heavy atom. The average molecular weight is 297 g/mol. The van der Waals surface area contributed by atoms with E-state index in [1.807, 2.05) is 6.07 Å². The van der Waals surface area contributed by atoms with Gasteiger partial charge in [-0.25, -0.2) is 0 Å². The molecule has 3 nitrogen and oxygen atoms in total. The Morgan fingerprint density at radius 2 is 2.24 bits per heavy atom. The molecule has 0 aliphatic heterocycles. The summed E-state index contributed by atoms with van der Waals surface area (Å²) in [5.41, 5.74) is 6.91. The van der Waals surface area contributed by atoms with Gasteiger partial charge in [0.2, 0.25) is 0 Å². The number of carbonyl (C=O) groups is 1. The summed E-state index contributed by atoms with van der Waals surface area (Å²) in [5, 5.41) is 3.12. The molecular weight excluding hydrogens is 280 g/mol. The van der Waals surface area contributed by atoms with Crippen molar-refractivity contribution in [3.05, 3.63) is 28.2 Å². The lowest BCUT2D eigenvalue weighted by molar-refractivity contribution is 0.0821. The molecule has 1 aliphatic carbocycles. The summed E-state index contributed by atoms with van der Waals surface area (Å²) in [6, 6.07) is 5.36. The summed E-state index contributed by atoms with van der Waals surface area (Å²) in [6.45, 7) is 2.11. The molecule has 17 heavy (non-hydrogen) atoms. The Balaban J connectivity index is 2.17. The van der Waals surface area contributed by atoms with Crippen LogP contribution in [0, 0.1) is 0 Å². The molecule has 0 bridgehead atoms. The van der Waals surface area contributed by atoms with E-state index >= 15 is 0 Å². The Labute approximate surface area is 110 Å². The van der Waals surface area contributed by atoms with Crippen molar-refractivity contribution in [1.82, 2.24) is 5.32 Å². The second-order valence-corrected chi connectivity index (χ2v) is 5.59. The molecule has 0 saturated heterocycles. The number of hydrogen-bond donors (Lipinski definition) is 2. The van der Waals surface area contributed by atoms with Gasteiger partial charge in [0.15, 0.2) is 0 Å². The number of carbonyl (C=O) groups excluding carboxylic acids is 1. The van der Waals surface area contributed by atoms with Gasteiger partial charge in [0.05, 0.1) is 5.56 Å². The maximum atomic E-state index is 12.2. The lowest BCUT2D eigenvalue weighted by Crippen LogP contribution is -2.53. The Bertz CT molecular complexity index is 436. The third-order valence-corrected chi connectivity index (χ3v) is 4.12. The normalized spacial score (nSPS) is 17.3. The molecule has 0 unspecified atom stereocenters. The number of halogens is 1. The molecule has 2 rings (SSSR count). The minimum Gasteiger partial charge on any atom is -0.398 e. The second kappa shape index (κ2) is 4.69. The first-order valence-corrected chi connectivity index (χ1v) is 6.73. The van der Waals surface area contributed by atoms with Crippen molar-refractivity contribution in [2.45, 2.75) is 38.1 Å². The number of nitrogen functional groups attached to an aromatic ring is 1. The van der Waals surface area contributed by atoms with Crippen LogP contribution >= 0.6 is 15.9 Å². The predicted octanol–water partition coefficient (Wildman–Crippen LogP) is 3.09. The van der Waals surface area contributed by atoms with Gasteiger partial charge in [-0.15, -0.1) is 0 Å². The number of hydrogen-bond acceptors (Lipinski definition) is 2. The first-order chi connectivity index (χ1) is 8.06. The van der Waals surface area contributed by atoms with E-state index in [-0.39, 0.29) is 11.4 Å². The van der Waals surface area contributed by atoms with Gasteiger partial charge in [0.25, 0.3) is 5.91 Å². The van der Waals surface area contributed by atoms with E-state index in [0.29, 0.717) is 11.3 Å². The van der Waals surface area contributed by atoms with E-state index in [4.69, 9.17) is 5.73 Å². The van der Waals surface area contributed by atoms with Crippen LogP contribution in [0.25, 0.3) is 0 Å². The molecule has 1 amide bonds. The van der Waals surface area contributed by atoms with Gasteiger partial charge in [0.1, 0.15) is 0 Å². The largest absolute Gasteiger partial charge is 0.398 e. The van der Waals surface area contributed by atoms with Gasteiger partial charge in [-0.2, -0.15) is 0 Å². The van der Waals surface area contributed by atoms with Gasteiger partial charge in [-0.1, -0.05) is 22.9 Å². The Kier molecular flexibility index (Phi) is 3.43. The molecule has 3 N–H and O–H groups in total. The highest BCUT2D eigenvalue weighted by Gasteiger charge is 2.36. The van der Waals surface area contributed by atoms with Gasteiger partial charge in [-0.05, 0) is 43.9 Å². The third-order valence-electron chi connectivity index (χ3n) is 3.63. The summed E-state index contributed by atoms with van der Waals surface area (Å²) >= 11 is 3.36. The number of nitrogens with one attached hydrogen (secondary N) is 1. The highest BCUT2D eigenvalue weighted by Crippen LogP contribution is 2.35. The minimum absolute atomic E-state index is 0.00579. The quantitative estimate of drug-likeness (QED) is 0.842. The van der Waals surface area contributed by atoms with E-state index in [1.54, 1.807) is 12.1 Å². The van der Waals surface area contributed by atoms with Crippen LogP contribution in [0.3, 0.4) is 0 Å². The Morgan fingerprint density at radius 1 is 1.53 bits per heavy atom. The van der Waals surface area contributed by atoms with Crippen molar-refractivity contribution in [3.63, 3.8) is 0 Å². The number of amides is 1. The summed E-state index contributed by atoms with van der Waals surface area (Å²) in [7, 11) is 0. The topological polar surface area (TPSA) is 55.1 Å². The molecule has 0 spiro atoms. The molecule has 4 heteroatoms. The maximum Gasteiger partial charge on any atom is 0.253 e. The lowest BCUT2D eigenvalue weighted by atomic mass is 9.74. The summed E-state index contributed by atoms with van der Waals surface area (Å²) < 4.78 is 0.871. The molecule has 0 atom stereocenters. The molecule has 0 aromatic heterocycles. The van der Waals surface area contributed by atoms with Crippen molar-refractivity contribution in [3.8, 4) is 0 Å². The SMILES string of the molecule is CCC1(NC(=O)c2cc(Br)ccc2N)CCC1. The van der Waals surface area contributed by atoms with Crippen LogP contribution < -0.4 is 11.1 Å². The monoisotopic (exact) mass is 296 g/mol. The molecule has 0 heterocycles. The third kappa shape index (κ3) is 2.46. The fraction of sp³-hybridized carbons (Fsp3) is 0.462. The fourth-order valence-electron chi connectivity index (χ4n) is 2.20. The summed E-state index contributed by atoms with van der Waals surface area (Å²) in [4.78, 5) is 12.2.